The van der Waals surface area contributed by atoms with Crippen LogP contribution in [0.1, 0.15) is 51.4 Å². The molecule has 118 valence electrons. The molecule has 5 nitrogen and oxygen atoms in total. The number of carboxylic acid groups (broad SMARTS) is 1. The maximum atomic E-state index is 11.3. The Bertz CT molecular complexity index is 258. The van der Waals surface area contributed by atoms with Gasteiger partial charge in [-0.3, -0.25) is 9.59 Å². The van der Waals surface area contributed by atoms with Gasteiger partial charge in [-0.05, 0) is 25.7 Å². The monoisotopic (exact) mass is 308 g/mol. The number of unbranched alkanes of at least 4 members (excludes halogenated alkanes) is 4. The van der Waals surface area contributed by atoms with E-state index in [1.165, 1.54) is 0 Å². The number of carboxylic acids is 1. The lowest BCUT2D eigenvalue weighted by molar-refractivity contribution is -0.145. The third kappa shape index (κ3) is 15.2. The Morgan fingerprint density at radius 3 is 2.25 bits per heavy atom. The predicted octanol–water partition coefficient (Wildman–Crippen LogP) is 2.99. The molecule has 0 aliphatic carbocycles. The summed E-state index contributed by atoms with van der Waals surface area (Å²) in [6.45, 7) is 1.36. The molecule has 0 fully saturated rings. The molecule has 0 amide bonds. The van der Waals surface area contributed by atoms with Crippen molar-refractivity contribution in [1.29, 1.82) is 0 Å². The van der Waals surface area contributed by atoms with Crippen molar-refractivity contribution in [3.63, 3.8) is 0 Å². The zero-order valence-electron chi connectivity index (χ0n) is 11.9. The zero-order valence-corrected chi connectivity index (χ0v) is 12.7. The van der Waals surface area contributed by atoms with E-state index in [4.69, 9.17) is 26.2 Å². The van der Waals surface area contributed by atoms with Crippen molar-refractivity contribution < 1.29 is 24.2 Å². The fourth-order valence-electron chi connectivity index (χ4n) is 1.59. The van der Waals surface area contributed by atoms with Gasteiger partial charge >= 0.3 is 11.9 Å². The van der Waals surface area contributed by atoms with Crippen LogP contribution >= 0.6 is 11.6 Å². The Morgan fingerprint density at radius 2 is 1.55 bits per heavy atom. The highest BCUT2D eigenvalue weighted by atomic mass is 35.5. The molecule has 20 heavy (non-hydrogen) atoms. The summed E-state index contributed by atoms with van der Waals surface area (Å²) in [5, 5.41) is 8.43. The molecule has 0 radical (unpaired) electrons. The summed E-state index contributed by atoms with van der Waals surface area (Å²) < 4.78 is 10.3. The summed E-state index contributed by atoms with van der Waals surface area (Å²) in [5.41, 5.74) is 0. The van der Waals surface area contributed by atoms with Crippen molar-refractivity contribution in [2.24, 2.45) is 0 Å². The number of hydrogen-bond acceptors (Lipinski definition) is 4. The Labute approximate surface area is 125 Å². The fraction of sp³-hybridized carbons (Fsp3) is 0.857. The summed E-state index contributed by atoms with van der Waals surface area (Å²) in [6.07, 6.45) is 5.69. The van der Waals surface area contributed by atoms with Crippen molar-refractivity contribution in [3.05, 3.63) is 0 Å². The Balaban J connectivity index is 3.17. The standard InChI is InChI=1S/C14H25ClO5/c15-9-5-1-2-6-10-19-11-12-20-14(18)8-4-3-7-13(16)17/h1-12H2,(H,16,17). The van der Waals surface area contributed by atoms with Crippen molar-refractivity contribution in [1.82, 2.24) is 0 Å². The van der Waals surface area contributed by atoms with Crippen LogP contribution in [-0.4, -0.2) is 42.7 Å². The van der Waals surface area contributed by atoms with Crippen LogP contribution in [0.2, 0.25) is 0 Å². The number of halogens is 1. The summed E-state index contributed by atoms with van der Waals surface area (Å²) in [7, 11) is 0. The second-order valence-corrected chi connectivity index (χ2v) is 4.91. The lowest BCUT2D eigenvalue weighted by atomic mass is 10.2. The van der Waals surface area contributed by atoms with Gasteiger partial charge in [-0.2, -0.15) is 0 Å². The van der Waals surface area contributed by atoms with Gasteiger partial charge in [0.05, 0.1) is 6.61 Å². The average molecular weight is 309 g/mol. The summed E-state index contributed by atoms with van der Waals surface area (Å²) in [6, 6.07) is 0. The molecule has 0 aliphatic heterocycles. The number of aliphatic carboxylic acids is 1. The number of esters is 1. The molecule has 0 aliphatic rings. The second kappa shape index (κ2) is 14.6. The molecule has 1 N–H and O–H groups in total. The number of hydrogen-bond donors (Lipinski definition) is 1. The molecule has 0 saturated carbocycles. The van der Waals surface area contributed by atoms with Gasteiger partial charge in [0.1, 0.15) is 6.61 Å². The number of ether oxygens (including phenoxy) is 2. The Kier molecular flexibility index (Phi) is 14.0. The quantitative estimate of drug-likeness (QED) is 0.303. The fourth-order valence-corrected chi connectivity index (χ4v) is 1.78. The molecule has 6 heteroatoms. The smallest absolute Gasteiger partial charge is 0.305 e. The van der Waals surface area contributed by atoms with E-state index in [1.54, 1.807) is 0 Å². The number of rotatable bonds is 14. The lowest BCUT2D eigenvalue weighted by Crippen LogP contribution is -2.11. The molecule has 0 saturated heterocycles. The lowest BCUT2D eigenvalue weighted by Gasteiger charge is -2.06. The van der Waals surface area contributed by atoms with Crippen molar-refractivity contribution in [3.8, 4) is 0 Å². The number of alkyl halides is 1. The van der Waals surface area contributed by atoms with E-state index in [1.807, 2.05) is 0 Å². The van der Waals surface area contributed by atoms with Crippen LogP contribution in [-0.2, 0) is 19.1 Å². The van der Waals surface area contributed by atoms with Gasteiger partial charge in [-0.25, -0.2) is 0 Å². The van der Waals surface area contributed by atoms with Gasteiger partial charge in [-0.1, -0.05) is 12.8 Å². The first kappa shape index (κ1) is 19.2. The maximum Gasteiger partial charge on any atom is 0.305 e. The molecule has 0 atom stereocenters. The van der Waals surface area contributed by atoms with Crippen LogP contribution in [0.15, 0.2) is 0 Å². The summed E-state index contributed by atoms with van der Waals surface area (Å²) in [5.74, 6) is -0.414. The highest BCUT2D eigenvalue weighted by Gasteiger charge is 2.03. The molecule has 0 rings (SSSR count). The maximum absolute atomic E-state index is 11.3. The van der Waals surface area contributed by atoms with Gasteiger partial charge in [-0.15, -0.1) is 11.6 Å². The first-order valence-corrected chi connectivity index (χ1v) is 7.71. The van der Waals surface area contributed by atoms with Gasteiger partial charge in [0, 0.05) is 25.3 Å². The van der Waals surface area contributed by atoms with Crippen LogP contribution in [0.5, 0.6) is 0 Å². The average Bonchev–Trinajstić information content (AvgIpc) is 2.41. The van der Waals surface area contributed by atoms with Gasteiger partial charge in [0.15, 0.2) is 0 Å². The van der Waals surface area contributed by atoms with Crippen LogP contribution in [0.25, 0.3) is 0 Å². The minimum atomic E-state index is -0.835. The molecule has 0 heterocycles. The van der Waals surface area contributed by atoms with Crippen LogP contribution < -0.4 is 0 Å². The van der Waals surface area contributed by atoms with E-state index in [2.05, 4.69) is 0 Å². The molecule has 0 aromatic carbocycles. The summed E-state index contributed by atoms with van der Waals surface area (Å²) in [4.78, 5) is 21.5. The topological polar surface area (TPSA) is 72.8 Å². The molecule has 0 aromatic heterocycles. The largest absolute Gasteiger partial charge is 0.481 e. The molecular formula is C14H25ClO5. The zero-order chi connectivity index (χ0) is 15.1. The molecular weight excluding hydrogens is 284 g/mol. The molecule has 0 aromatic rings. The van der Waals surface area contributed by atoms with Crippen LogP contribution in [0.3, 0.4) is 0 Å². The van der Waals surface area contributed by atoms with E-state index in [0.717, 1.165) is 25.7 Å². The van der Waals surface area contributed by atoms with E-state index < -0.39 is 5.97 Å². The SMILES string of the molecule is O=C(O)CCCCC(=O)OCCOCCCCCCCl. The first-order chi connectivity index (χ1) is 9.66. The van der Waals surface area contributed by atoms with E-state index in [-0.39, 0.29) is 25.4 Å². The van der Waals surface area contributed by atoms with Gasteiger partial charge < -0.3 is 14.6 Å². The number of carbonyl (C=O) groups excluding carboxylic acids is 1. The minimum Gasteiger partial charge on any atom is -0.481 e. The second-order valence-electron chi connectivity index (χ2n) is 4.54. The van der Waals surface area contributed by atoms with Crippen LogP contribution in [0, 0.1) is 0 Å². The first-order valence-electron chi connectivity index (χ1n) is 7.18. The van der Waals surface area contributed by atoms with Gasteiger partial charge in [0.2, 0.25) is 0 Å². The predicted molar refractivity (Wildman–Crippen MR) is 77.1 cm³/mol. The normalized spacial score (nSPS) is 10.4. The summed E-state index contributed by atoms with van der Waals surface area (Å²) >= 11 is 5.56. The van der Waals surface area contributed by atoms with Crippen molar-refractivity contribution >= 4 is 23.5 Å². The van der Waals surface area contributed by atoms with E-state index in [0.29, 0.717) is 31.9 Å². The Hall–Kier alpha value is -0.810. The minimum absolute atomic E-state index is 0.0973. The molecule has 0 unspecified atom stereocenters. The number of carbonyl (C=O) groups is 2. The van der Waals surface area contributed by atoms with Gasteiger partial charge in [0.25, 0.3) is 0 Å². The highest BCUT2D eigenvalue weighted by Crippen LogP contribution is 2.02. The third-order valence-corrected chi connectivity index (χ3v) is 2.95. The van der Waals surface area contributed by atoms with Crippen LogP contribution in [0.4, 0.5) is 0 Å². The third-order valence-electron chi connectivity index (χ3n) is 2.68. The van der Waals surface area contributed by atoms with E-state index in [9.17, 15) is 9.59 Å². The Morgan fingerprint density at radius 1 is 0.850 bits per heavy atom. The van der Waals surface area contributed by atoms with Crippen molar-refractivity contribution in [2.45, 2.75) is 51.4 Å². The van der Waals surface area contributed by atoms with Crippen molar-refractivity contribution in [2.75, 3.05) is 25.7 Å². The molecule has 0 spiro atoms. The van der Waals surface area contributed by atoms with E-state index >= 15 is 0 Å². The highest BCUT2D eigenvalue weighted by molar-refractivity contribution is 6.17. The molecule has 0 bridgehead atoms.